The summed E-state index contributed by atoms with van der Waals surface area (Å²) in [7, 11) is 0. The van der Waals surface area contributed by atoms with Gasteiger partial charge in [0.05, 0.1) is 6.04 Å². The van der Waals surface area contributed by atoms with E-state index in [4.69, 9.17) is 0 Å². The number of anilines is 1. The highest BCUT2D eigenvalue weighted by Crippen LogP contribution is 2.28. The highest BCUT2D eigenvalue weighted by molar-refractivity contribution is 5.79. The summed E-state index contributed by atoms with van der Waals surface area (Å²) in [5.41, 5.74) is -1.18. The van der Waals surface area contributed by atoms with Gasteiger partial charge in [0.25, 0.3) is 0 Å². The van der Waals surface area contributed by atoms with Gasteiger partial charge in [-0.2, -0.15) is 26.3 Å². The zero-order valence-electron chi connectivity index (χ0n) is 10.9. The minimum absolute atomic E-state index is 0.268. The molecule has 1 fully saturated rings. The molecule has 5 nitrogen and oxygen atoms in total. The van der Waals surface area contributed by atoms with Crippen molar-refractivity contribution in [2.24, 2.45) is 0 Å². The molecule has 1 aromatic heterocycles. The smallest absolute Gasteiger partial charge is 0.349 e. The van der Waals surface area contributed by atoms with Crippen molar-refractivity contribution in [1.29, 1.82) is 0 Å². The van der Waals surface area contributed by atoms with E-state index in [1.54, 1.807) is 0 Å². The number of rotatable bonds is 3. The first-order valence-corrected chi connectivity index (χ1v) is 6.06. The van der Waals surface area contributed by atoms with Gasteiger partial charge in [-0.25, -0.2) is 9.97 Å². The van der Waals surface area contributed by atoms with Crippen LogP contribution in [0.25, 0.3) is 0 Å². The highest BCUT2D eigenvalue weighted by Gasteiger charge is 2.39. The van der Waals surface area contributed by atoms with E-state index in [1.165, 1.54) is 0 Å². The second kappa shape index (κ2) is 5.61. The summed E-state index contributed by atoms with van der Waals surface area (Å²) in [5.74, 6) is -1.12. The molecule has 0 bridgehead atoms. The second-order valence-corrected chi connectivity index (χ2v) is 4.70. The van der Waals surface area contributed by atoms with Gasteiger partial charge in [0.15, 0.2) is 0 Å². The molecule has 1 atom stereocenters. The summed E-state index contributed by atoms with van der Waals surface area (Å²) in [5, 5.41) is 2.45. The van der Waals surface area contributed by atoms with Crippen molar-refractivity contribution >= 4 is 11.9 Å². The van der Waals surface area contributed by atoms with Gasteiger partial charge < -0.3 is 10.2 Å². The van der Waals surface area contributed by atoms with Gasteiger partial charge in [0.1, 0.15) is 12.2 Å². The Balaban J connectivity index is 2.02. The number of aromatic nitrogens is 2. The van der Waals surface area contributed by atoms with E-state index in [9.17, 15) is 31.1 Å². The Bertz CT molecular complexity index is 558. The van der Waals surface area contributed by atoms with Crippen molar-refractivity contribution in [3.8, 4) is 0 Å². The predicted molar refractivity (Wildman–Crippen MR) is 61.7 cm³/mol. The van der Waals surface area contributed by atoms with Crippen LogP contribution in [0.15, 0.2) is 12.3 Å². The van der Waals surface area contributed by atoms with Crippen molar-refractivity contribution < 1.29 is 31.1 Å². The Kier molecular flexibility index (Phi) is 4.16. The van der Waals surface area contributed by atoms with Crippen LogP contribution in [-0.2, 0) is 11.0 Å². The summed E-state index contributed by atoms with van der Waals surface area (Å²) in [6, 6.07) is -0.112. The number of carbonyl (C=O) groups is 1. The molecule has 1 amide bonds. The predicted octanol–water partition coefficient (Wildman–Crippen LogP) is 2.07. The molecule has 0 aromatic carbocycles. The van der Waals surface area contributed by atoms with E-state index in [2.05, 4.69) is 15.3 Å². The van der Waals surface area contributed by atoms with Crippen molar-refractivity contribution in [2.45, 2.75) is 24.8 Å². The molecule has 0 saturated carbocycles. The molecule has 22 heavy (non-hydrogen) atoms. The number of carbonyl (C=O) groups excluding carboxylic acids is 1. The fraction of sp³-hybridized carbons (Fsp3) is 0.545. The van der Waals surface area contributed by atoms with Crippen molar-refractivity contribution in [3.63, 3.8) is 0 Å². The zero-order valence-corrected chi connectivity index (χ0v) is 10.9. The standard InChI is InChI=1S/C11H10F6N4O/c12-10(13,14)5-21-4-6(3-8(21)22)19-9-18-2-1-7(20-9)11(15,16)17/h1-2,6H,3-5H2,(H,18,19,20)/t6-/m0/s1. The van der Waals surface area contributed by atoms with Crippen LogP contribution in [0.5, 0.6) is 0 Å². The van der Waals surface area contributed by atoms with Crippen LogP contribution < -0.4 is 5.32 Å². The van der Waals surface area contributed by atoms with Gasteiger partial charge in [0.2, 0.25) is 11.9 Å². The quantitative estimate of drug-likeness (QED) is 0.863. The minimum Gasteiger partial charge on any atom is -0.349 e. The minimum atomic E-state index is -4.66. The van der Waals surface area contributed by atoms with E-state index in [1.807, 2.05) is 0 Å². The summed E-state index contributed by atoms with van der Waals surface area (Å²) >= 11 is 0. The Hall–Kier alpha value is -2.07. The van der Waals surface area contributed by atoms with Gasteiger partial charge in [-0.3, -0.25) is 4.79 Å². The third-order valence-corrected chi connectivity index (χ3v) is 2.86. The molecule has 2 rings (SSSR count). The summed E-state index contributed by atoms with van der Waals surface area (Å²) < 4.78 is 74.2. The lowest BCUT2D eigenvalue weighted by Gasteiger charge is -2.18. The molecule has 0 unspecified atom stereocenters. The first kappa shape index (κ1) is 16.3. The van der Waals surface area contributed by atoms with E-state index < -0.39 is 36.5 Å². The number of nitrogens with one attached hydrogen (secondary N) is 1. The highest BCUT2D eigenvalue weighted by atomic mass is 19.4. The summed E-state index contributed by atoms with van der Waals surface area (Å²) in [4.78, 5) is 18.8. The average Bonchev–Trinajstić information content (AvgIpc) is 2.66. The number of halogens is 6. The van der Waals surface area contributed by atoms with Gasteiger partial charge in [-0.15, -0.1) is 0 Å². The van der Waals surface area contributed by atoms with E-state index in [-0.39, 0.29) is 18.9 Å². The molecule has 122 valence electrons. The largest absolute Gasteiger partial charge is 0.433 e. The third kappa shape index (κ3) is 4.21. The SMILES string of the molecule is O=C1C[C@H](Nc2nccc(C(F)(F)F)n2)CN1CC(F)(F)F. The van der Waals surface area contributed by atoms with Gasteiger partial charge in [-0.1, -0.05) is 0 Å². The van der Waals surface area contributed by atoms with Crippen LogP contribution >= 0.6 is 0 Å². The van der Waals surface area contributed by atoms with Crippen LogP contribution in [-0.4, -0.2) is 46.1 Å². The van der Waals surface area contributed by atoms with E-state index in [0.29, 0.717) is 11.0 Å². The van der Waals surface area contributed by atoms with E-state index in [0.717, 1.165) is 6.20 Å². The number of nitrogens with zero attached hydrogens (tertiary/aromatic N) is 3. The van der Waals surface area contributed by atoms with Crippen LogP contribution in [0, 0.1) is 0 Å². The Labute approximate surface area is 120 Å². The zero-order chi connectivity index (χ0) is 16.5. The van der Waals surface area contributed by atoms with Gasteiger partial charge in [0, 0.05) is 19.2 Å². The molecule has 1 N–H and O–H groups in total. The molecule has 0 aliphatic carbocycles. The normalized spacial score (nSPS) is 19.6. The van der Waals surface area contributed by atoms with Crippen LogP contribution in [0.3, 0.4) is 0 Å². The van der Waals surface area contributed by atoms with Crippen LogP contribution in [0.1, 0.15) is 12.1 Å². The molecule has 1 saturated heterocycles. The fourth-order valence-electron chi connectivity index (χ4n) is 2.01. The average molecular weight is 328 g/mol. The topological polar surface area (TPSA) is 58.1 Å². The third-order valence-electron chi connectivity index (χ3n) is 2.86. The number of hydrogen-bond donors (Lipinski definition) is 1. The fourth-order valence-corrected chi connectivity index (χ4v) is 2.01. The van der Waals surface area contributed by atoms with Crippen molar-refractivity contribution in [3.05, 3.63) is 18.0 Å². The Morgan fingerprint density at radius 2 is 1.95 bits per heavy atom. The molecule has 2 heterocycles. The Morgan fingerprint density at radius 1 is 1.27 bits per heavy atom. The molecule has 0 radical (unpaired) electrons. The number of alkyl halides is 6. The number of amides is 1. The molecular weight excluding hydrogens is 318 g/mol. The van der Waals surface area contributed by atoms with E-state index >= 15 is 0 Å². The van der Waals surface area contributed by atoms with Crippen LogP contribution in [0.2, 0.25) is 0 Å². The molecular formula is C11H10F6N4O. The van der Waals surface area contributed by atoms with Crippen LogP contribution in [0.4, 0.5) is 32.3 Å². The molecule has 1 aromatic rings. The lowest BCUT2D eigenvalue weighted by Crippen LogP contribution is -2.36. The molecule has 11 heteroatoms. The van der Waals surface area contributed by atoms with Crippen molar-refractivity contribution in [1.82, 2.24) is 14.9 Å². The Morgan fingerprint density at radius 3 is 2.55 bits per heavy atom. The maximum absolute atomic E-state index is 12.5. The van der Waals surface area contributed by atoms with Gasteiger partial charge in [-0.05, 0) is 6.07 Å². The first-order valence-electron chi connectivity index (χ1n) is 6.06. The summed E-state index contributed by atoms with van der Waals surface area (Å²) in [6.07, 6.45) is -8.58. The second-order valence-electron chi connectivity index (χ2n) is 4.70. The maximum atomic E-state index is 12.5. The first-order chi connectivity index (χ1) is 10.0. The lowest BCUT2D eigenvalue weighted by atomic mass is 10.2. The summed E-state index contributed by atoms with van der Waals surface area (Å²) in [6.45, 7) is -1.68. The monoisotopic (exact) mass is 328 g/mol. The number of hydrogen-bond acceptors (Lipinski definition) is 4. The number of likely N-dealkylation sites (tertiary alicyclic amines) is 1. The molecule has 0 spiro atoms. The maximum Gasteiger partial charge on any atom is 0.433 e. The molecule has 1 aliphatic heterocycles. The van der Waals surface area contributed by atoms with Gasteiger partial charge >= 0.3 is 12.4 Å². The van der Waals surface area contributed by atoms with Crippen molar-refractivity contribution in [2.75, 3.05) is 18.4 Å². The lowest BCUT2D eigenvalue weighted by molar-refractivity contribution is -0.157. The molecule has 1 aliphatic rings.